The van der Waals surface area contributed by atoms with Gasteiger partial charge in [0.05, 0.1) is 13.1 Å². The van der Waals surface area contributed by atoms with Gasteiger partial charge in [0.1, 0.15) is 73.7 Å². The Morgan fingerprint density at radius 1 is 0.306 bits per heavy atom. The quantitative estimate of drug-likeness (QED) is 0.00884. The van der Waals surface area contributed by atoms with E-state index in [-0.39, 0.29) is 113 Å². The van der Waals surface area contributed by atoms with Gasteiger partial charge < -0.3 is 90.3 Å². The molecule has 31 nitrogen and oxygen atoms in total. The molecule has 0 radical (unpaired) electrons. The number of amides is 10. The van der Waals surface area contributed by atoms with E-state index in [1.807, 2.05) is 62.3 Å². The van der Waals surface area contributed by atoms with E-state index in [0.717, 1.165) is 77.0 Å². The second-order valence-corrected chi connectivity index (χ2v) is 40.0. The molecule has 0 saturated carbocycles. The molecule has 0 bridgehead atoms. The van der Waals surface area contributed by atoms with Crippen LogP contribution in [0.15, 0.2) is 4.99 Å². The van der Waals surface area contributed by atoms with Gasteiger partial charge in [0.25, 0.3) is 0 Å². The molecule has 0 aromatic heterocycles. The van der Waals surface area contributed by atoms with E-state index in [1.54, 1.807) is 20.8 Å². The number of nitrogens with two attached hydrogens (primary N) is 4. The lowest BCUT2D eigenvalue weighted by molar-refractivity contribution is -0.159. The average Bonchev–Trinajstić information content (AvgIpc) is 0.848. The van der Waals surface area contributed by atoms with Gasteiger partial charge >= 0.3 is 17.9 Å². The van der Waals surface area contributed by atoms with Gasteiger partial charge in [0.15, 0.2) is 5.96 Å². The summed E-state index contributed by atoms with van der Waals surface area (Å²) in [6.07, 6.45) is 45.9. The third kappa shape index (κ3) is 65.9. The Labute approximate surface area is 809 Å². The van der Waals surface area contributed by atoms with Gasteiger partial charge in [-0.2, -0.15) is 0 Å². The van der Waals surface area contributed by atoms with Crippen molar-refractivity contribution >= 4 is 82.9 Å². The summed E-state index contributed by atoms with van der Waals surface area (Å²) in [5, 5.41) is 27.9. The number of nitrogens with one attached hydrogen (secondary N) is 10. The molecule has 0 aliphatic carbocycles. The fourth-order valence-electron chi connectivity index (χ4n) is 16.3. The van der Waals surface area contributed by atoms with E-state index in [0.29, 0.717) is 38.5 Å². The Bertz CT molecular complexity index is 3120. The van der Waals surface area contributed by atoms with Gasteiger partial charge in [0.2, 0.25) is 59.1 Å². The Kier molecular flexibility index (Phi) is 75.7. The van der Waals surface area contributed by atoms with E-state index in [1.165, 1.54) is 154 Å². The van der Waals surface area contributed by atoms with Crippen molar-refractivity contribution in [2.24, 2.45) is 63.4 Å². The number of unbranched alkanes of at least 4 members (excludes halogenated alkanes) is 37. The van der Waals surface area contributed by atoms with Crippen molar-refractivity contribution in [2.45, 2.75) is 492 Å². The molecule has 0 rings (SSSR count). The number of guanidine groups is 1. The molecule has 18 N–H and O–H groups in total. The monoisotopic (exact) mass is 1900 g/mol. The zero-order valence-electron chi connectivity index (χ0n) is 86.6. The third-order valence-corrected chi connectivity index (χ3v) is 24.6. The van der Waals surface area contributed by atoms with Crippen LogP contribution in [0, 0.1) is 35.5 Å². The van der Waals surface area contributed by atoms with Crippen LogP contribution in [0.4, 0.5) is 0 Å². The molecular weight excluding hydrogens is 1700 g/mol. The molecule has 0 fully saturated rings. The van der Waals surface area contributed by atoms with E-state index in [9.17, 15) is 62.3 Å². The molecular formula is C103H195N15O16. The Hall–Kier alpha value is -7.70. The molecule has 10 amide bonds. The zero-order valence-corrected chi connectivity index (χ0v) is 86.6. The van der Waals surface area contributed by atoms with Gasteiger partial charge in [-0.3, -0.25) is 67.3 Å². The molecule has 0 unspecified atom stereocenters. The lowest BCUT2D eigenvalue weighted by atomic mass is 9.95. The number of carbonyl (C=O) groups is 13. The predicted octanol–water partition coefficient (Wildman–Crippen LogP) is 14.9. The van der Waals surface area contributed by atoms with Crippen LogP contribution in [0.25, 0.3) is 0 Å². The summed E-state index contributed by atoms with van der Waals surface area (Å²) in [7, 11) is 0. The molecule has 0 heterocycles. The first-order valence-electron chi connectivity index (χ1n) is 53.0. The highest BCUT2D eigenvalue weighted by Gasteiger charge is 2.41. The van der Waals surface area contributed by atoms with Crippen LogP contribution in [0.3, 0.4) is 0 Å². The van der Waals surface area contributed by atoms with Crippen LogP contribution in [0.5, 0.6) is 0 Å². The molecule has 0 aromatic carbocycles. The SMILES string of the molecule is CCCCCCCCCCCCCCCC(=O)OCC(COC(=O)CCCCCCCCCCCCCCC)(COC(=O)CCCCCCCCCCCCCCC)NC(=O)CNC(=O)[C@@H](NC(=O)[C@H](CCCCN)NC(=O)[C@H](CC(C)C)NC(=O)[C@H](CC(C)C)NC(=O)[C@H](CC(C)C)NC(=O)[C@@H](NC(=O)[C@H](CCCN=C(N)N)NC(=O)[C@H](CC(C)C)NC(=O)CN)[C@@H](C)CC)C(C)C. The second kappa shape index (κ2) is 80.3. The van der Waals surface area contributed by atoms with E-state index < -0.39 is 169 Å². The molecule has 134 heavy (non-hydrogen) atoms. The molecule has 0 aliphatic rings. The zero-order chi connectivity index (χ0) is 100. The van der Waals surface area contributed by atoms with Crippen molar-refractivity contribution in [1.82, 2.24) is 53.2 Å². The summed E-state index contributed by atoms with van der Waals surface area (Å²) in [4.78, 5) is 189. The number of hydrogen-bond donors (Lipinski definition) is 14. The number of hydrogen-bond acceptors (Lipinski definition) is 19. The maximum atomic E-state index is 14.9. The van der Waals surface area contributed by atoms with Crippen LogP contribution in [-0.4, -0.2) is 183 Å². The van der Waals surface area contributed by atoms with Crippen LogP contribution in [0.1, 0.15) is 438 Å². The maximum Gasteiger partial charge on any atom is 0.305 e. The van der Waals surface area contributed by atoms with Gasteiger partial charge in [-0.15, -0.1) is 0 Å². The minimum absolute atomic E-state index is 0.0212. The largest absolute Gasteiger partial charge is 0.463 e. The number of aliphatic imine (C=N–C) groups is 1. The number of ether oxygens (including phenoxy) is 3. The van der Waals surface area contributed by atoms with E-state index in [4.69, 9.17) is 37.1 Å². The standard InChI is InChI=1S/C103H195N15O16/c1-16-20-23-26-29-32-35-38-41-44-47-50-53-61-89(121)132-72-103(73-133-90(122)62-54-51-48-45-42-39-36-33-30-27-24-21-17-2,74-134-91(123)63-55-52-49-46-43-40-37-34-31-28-25-22-18-3)118-88(120)71-109-100(130)92(79(13)14)116-94(124)81(59-56-57-64-104)111-97(127)84(67-76(7)8)113-98(128)85(68-77(9)10)114-99(129)86(69-78(11)12)115-101(131)93(80(15)19-4)117-95(125)82(60-58-65-108-102(106)107)112-96(126)83(66-75(5)6)110-87(119)70-105/h75-86,92-93H,16-74,104-105H2,1-15H3,(H,109,130)(H,110,119)(H,111,127)(H,112,126)(H,113,128)(H,114,129)(H,115,131)(H,116,124)(H,117,125)(H,118,120)(H4,106,107,108)/t80-,81-,82-,83-,84-,85-,86-,92-,93-/m0/s1. The Balaban J connectivity index is 7.23. The Morgan fingerprint density at radius 3 is 0.881 bits per heavy atom. The fourth-order valence-corrected chi connectivity index (χ4v) is 16.3. The van der Waals surface area contributed by atoms with Crippen molar-refractivity contribution in [1.29, 1.82) is 0 Å². The average molecular weight is 1900 g/mol. The predicted molar refractivity (Wildman–Crippen MR) is 537 cm³/mol. The number of esters is 3. The Morgan fingerprint density at radius 2 is 0.590 bits per heavy atom. The summed E-state index contributed by atoms with van der Waals surface area (Å²) in [6, 6.07) is -9.93. The van der Waals surface area contributed by atoms with Crippen molar-refractivity contribution in [3.05, 3.63) is 0 Å². The summed E-state index contributed by atoms with van der Waals surface area (Å²) in [5.41, 5.74) is 20.9. The van der Waals surface area contributed by atoms with Crippen LogP contribution < -0.4 is 76.1 Å². The molecule has 0 aromatic rings. The van der Waals surface area contributed by atoms with Crippen LogP contribution in [0.2, 0.25) is 0 Å². The van der Waals surface area contributed by atoms with E-state index in [2.05, 4.69) is 78.9 Å². The second-order valence-electron chi connectivity index (χ2n) is 40.0. The van der Waals surface area contributed by atoms with Crippen LogP contribution in [-0.2, 0) is 76.5 Å². The first-order chi connectivity index (χ1) is 64.0. The maximum absolute atomic E-state index is 14.9. The molecule has 0 aliphatic heterocycles. The lowest BCUT2D eigenvalue weighted by Gasteiger charge is -2.33. The van der Waals surface area contributed by atoms with E-state index >= 15 is 0 Å². The topological polar surface area (TPSA) is 486 Å². The molecule has 0 spiro atoms. The smallest absolute Gasteiger partial charge is 0.305 e. The fraction of sp³-hybridized carbons (Fsp3) is 0.864. The first kappa shape index (κ1) is 126. The summed E-state index contributed by atoms with van der Waals surface area (Å²) in [5.74, 6) is -10.8. The molecule has 0 saturated heterocycles. The summed E-state index contributed by atoms with van der Waals surface area (Å²) in [6.45, 7) is 26.1. The first-order valence-corrected chi connectivity index (χ1v) is 53.0. The highest BCUT2D eigenvalue weighted by atomic mass is 16.6. The van der Waals surface area contributed by atoms with Crippen molar-refractivity contribution in [3.8, 4) is 0 Å². The minimum Gasteiger partial charge on any atom is -0.463 e. The highest BCUT2D eigenvalue weighted by Crippen LogP contribution is 2.23. The number of rotatable bonds is 87. The number of carbonyl (C=O) groups excluding carboxylic acids is 13. The molecule has 9 atom stereocenters. The van der Waals surface area contributed by atoms with Gasteiger partial charge in [-0.25, -0.2) is 0 Å². The summed E-state index contributed by atoms with van der Waals surface area (Å²) < 4.78 is 17.9. The van der Waals surface area contributed by atoms with Gasteiger partial charge in [-0.1, -0.05) is 341 Å². The number of nitrogens with zero attached hydrogens (tertiary/aromatic N) is 1. The van der Waals surface area contributed by atoms with Crippen molar-refractivity contribution in [3.63, 3.8) is 0 Å². The van der Waals surface area contributed by atoms with Crippen molar-refractivity contribution < 1.29 is 76.5 Å². The lowest BCUT2D eigenvalue weighted by Crippen LogP contribution is -2.62. The third-order valence-electron chi connectivity index (χ3n) is 24.6. The highest BCUT2D eigenvalue weighted by molar-refractivity contribution is 5.99. The normalized spacial score (nSPS) is 13.6. The van der Waals surface area contributed by atoms with Crippen LogP contribution >= 0.6 is 0 Å². The molecule has 31 heteroatoms. The van der Waals surface area contributed by atoms with Crippen molar-refractivity contribution in [2.75, 3.05) is 46.0 Å². The molecule has 778 valence electrons. The van der Waals surface area contributed by atoms with Gasteiger partial charge in [-0.05, 0) is 119 Å². The van der Waals surface area contributed by atoms with Gasteiger partial charge in [0, 0.05) is 25.8 Å². The minimum atomic E-state index is -1.80. The summed E-state index contributed by atoms with van der Waals surface area (Å²) >= 11 is 0.